The number of sulfone groups is 1. The van der Waals surface area contributed by atoms with Crippen LogP contribution in [0.5, 0.6) is 0 Å². The number of carboxylic acid groups (broad SMARTS) is 1. The second-order valence-electron chi connectivity index (χ2n) is 4.60. The van der Waals surface area contributed by atoms with Crippen molar-refractivity contribution in [2.75, 3.05) is 25.1 Å². The first-order valence-corrected chi connectivity index (χ1v) is 7.54. The molecule has 1 heterocycles. The fraction of sp³-hybridized carbons (Fsp3) is 0.900. The lowest BCUT2D eigenvalue weighted by molar-refractivity contribution is -0.150. The summed E-state index contributed by atoms with van der Waals surface area (Å²) in [6, 6.07) is 0. The molecule has 5 nitrogen and oxygen atoms in total. The minimum atomic E-state index is -2.99. The van der Waals surface area contributed by atoms with E-state index in [1.165, 1.54) is 6.26 Å². The van der Waals surface area contributed by atoms with Gasteiger partial charge in [0.2, 0.25) is 0 Å². The van der Waals surface area contributed by atoms with Crippen molar-refractivity contribution in [3.63, 3.8) is 0 Å². The van der Waals surface area contributed by atoms with Gasteiger partial charge in [-0.2, -0.15) is 0 Å². The van der Waals surface area contributed by atoms with E-state index in [4.69, 9.17) is 0 Å². The van der Waals surface area contributed by atoms with Crippen LogP contribution in [0.3, 0.4) is 0 Å². The van der Waals surface area contributed by atoms with Crippen molar-refractivity contribution in [2.24, 2.45) is 5.41 Å². The monoisotopic (exact) mass is 249 g/mol. The zero-order chi connectivity index (χ0) is 12.2. The summed E-state index contributed by atoms with van der Waals surface area (Å²) >= 11 is 0. The molecule has 1 saturated heterocycles. The summed E-state index contributed by atoms with van der Waals surface area (Å²) in [6.45, 7) is 1.30. The molecule has 0 aliphatic carbocycles. The van der Waals surface area contributed by atoms with Gasteiger partial charge in [-0.25, -0.2) is 8.42 Å². The first kappa shape index (κ1) is 13.4. The van der Waals surface area contributed by atoms with Gasteiger partial charge in [0, 0.05) is 18.6 Å². The lowest BCUT2D eigenvalue weighted by Crippen LogP contribution is -2.45. The van der Waals surface area contributed by atoms with Gasteiger partial charge < -0.3 is 10.4 Å². The Kier molecular flexibility index (Phi) is 4.32. The van der Waals surface area contributed by atoms with Gasteiger partial charge in [0.25, 0.3) is 0 Å². The number of aliphatic carboxylic acids is 1. The van der Waals surface area contributed by atoms with E-state index in [1.54, 1.807) is 0 Å². The quantitative estimate of drug-likeness (QED) is 0.730. The van der Waals surface area contributed by atoms with Crippen molar-refractivity contribution in [3.8, 4) is 0 Å². The molecule has 1 rings (SSSR count). The number of carbonyl (C=O) groups is 1. The Labute approximate surface area is 96.1 Å². The Morgan fingerprint density at radius 3 is 2.62 bits per heavy atom. The number of hydrogen-bond donors (Lipinski definition) is 2. The number of hydrogen-bond acceptors (Lipinski definition) is 4. The SMILES string of the molecule is CS(=O)(=O)CCCC1(C(=O)O)CCCNC1. The third kappa shape index (κ3) is 3.75. The van der Waals surface area contributed by atoms with Crippen molar-refractivity contribution in [1.29, 1.82) is 0 Å². The Morgan fingerprint density at radius 2 is 2.19 bits per heavy atom. The van der Waals surface area contributed by atoms with E-state index >= 15 is 0 Å². The second-order valence-corrected chi connectivity index (χ2v) is 6.86. The van der Waals surface area contributed by atoms with E-state index in [1.807, 2.05) is 0 Å². The Balaban J connectivity index is 2.55. The number of piperidine rings is 1. The summed E-state index contributed by atoms with van der Waals surface area (Å²) in [5.74, 6) is -0.740. The third-order valence-electron chi connectivity index (χ3n) is 3.10. The maximum Gasteiger partial charge on any atom is 0.310 e. The average molecular weight is 249 g/mol. The van der Waals surface area contributed by atoms with Crippen LogP contribution in [-0.2, 0) is 14.6 Å². The highest BCUT2D eigenvalue weighted by molar-refractivity contribution is 7.90. The maximum absolute atomic E-state index is 11.2. The molecule has 1 fully saturated rings. The van der Waals surface area contributed by atoms with Gasteiger partial charge in [-0.05, 0) is 32.2 Å². The molecule has 0 bridgehead atoms. The Bertz CT molecular complexity index is 344. The van der Waals surface area contributed by atoms with Gasteiger partial charge in [-0.3, -0.25) is 4.79 Å². The van der Waals surface area contributed by atoms with Gasteiger partial charge in [0.15, 0.2) is 0 Å². The molecule has 0 spiro atoms. The van der Waals surface area contributed by atoms with E-state index in [0.717, 1.165) is 13.0 Å². The number of nitrogens with one attached hydrogen (secondary N) is 1. The molecular formula is C10H19NO4S. The van der Waals surface area contributed by atoms with Crippen LogP contribution < -0.4 is 5.32 Å². The van der Waals surface area contributed by atoms with E-state index in [0.29, 0.717) is 25.8 Å². The largest absolute Gasteiger partial charge is 0.481 e. The molecule has 1 aliphatic rings. The molecule has 6 heteroatoms. The molecule has 0 radical (unpaired) electrons. The lowest BCUT2D eigenvalue weighted by atomic mass is 9.77. The van der Waals surface area contributed by atoms with Crippen LogP contribution in [0.1, 0.15) is 25.7 Å². The predicted octanol–water partition coefficient (Wildman–Crippen LogP) is 0.266. The summed E-state index contributed by atoms with van der Waals surface area (Å²) in [5.41, 5.74) is -0.761. The molecule has 0 aromatic rings. The zero-order valence-corrected chi connectivity index (χ0v) is 10.3. The molecular weight excluding hydrogens is 230 g/mol. The molecule has 0 amide bonds. The van der Waals surface area contributed by atoms with Crippen LogP contribution in [-0.4, -0.2) is 44.6 Å². The van der Waals surface area contributed by atoms with E-state index in [-0.39, 0.29) is 5.75 Å². The second kappa shape index (κ2) is 5.14. The molecule has 94 valence electrons. The van der Waals surface area contributed by atoms with Crippen LogP contribution >= 0.6 is 0 Å². The molecule has 1 atom stereocenters. The summed E-state index contributed by atoms with van der Waals surface area (Å²) in [7, 11) is -2.99. The summed E-state index contributed by atoms with van der Waals surface area (Å²) < 4.78 is 22.0. The van der Waals surface area contributed by atoms with Crippen LogP contribution in [0.25, 0.3) is 0 Å². The molecule has 1 aliphatic heterocycles. The molecule has 2 N–H and O–H groups in total. The highest BCUT2D eigenvalue weighted by Gasteiger charge is 2.39. The van der Waals surface area contributed by atoms with Crippen molar-refractivity contribution in [2.45, 2.75) is 25.7 Å². The third-order valence-corrected chi connectivity index (χ3v) is 4.13. The van der Waals surface area contributed by atoms with Crippen molar-refractivity contribution in [1.82, 2.24) is 5.32 Å². The van der Waals surface area contributed by atoms with Crippen LogP contribution in [0.2, 0.25) is 0 Å². The zero-order valence-electron chi connectivity index (χ0n) is 9.53. The molecule has 0 aromatic carbocycles. The van der Waals surface area contributed by atoms with Gasteiger partial charge in [-0.15, -0.1) is 0 Å². The van der Waals surface area contributed by atoms with E-state index < -0.39 is 21.2 Å². The topological polar surface area (TPSA) is 83.5 Å². The summed E-state index contributed by atoms with van der Waals surface area (Å²) in [6.07, 6.45) is 3.51. The highest BCUT2D eigenvalue weighted by Crippen LogP contribution is 2.32. The lowest BCUT2D eigenvalue weighted by Gasteiger charge is -2.33. The average Bonchev–Trinajstić information content (AvgIpc) is 2.17. The molecule has 0 saturated carbocycles. The van der Waals surface area contributed by atoms with E-state index in [2.05, 4.69) is 5.32 Å². The molecule has 16 heavy (non-hydrogen) atoms. The fourth-order valence-corrected chi connectivity index (χ4v) is 2.81. The van der Waals surface area contributed by atoms with Crippen LogP contribution in [0.15, 0.2) is 0 Å². The van der Waals surface area contributed by atoms with Crippen molar-refractivity contribution < 1.29 is 18.3 Å². The van der Waals surface area contributed by atoms with Crippen LogP contribution in [0.4, 0.5) is 0 Å². The smallest absolute Gasteiger partial charge is 0.310 e. The van der Waals surface area contributed by atoms with Crippen molar-refractivity contribution >= 4 is 15.8 Å². The van der Waals surface area contributed by atoms with Gasteiger partial charge in [0.05, 0.1) is 5.41 Å². The summed E-state index contributed by atoms with van der Waals surface area (Å²) in [5, 5.41) is 12.3. The Hall–Kier alpha value is -0.620. The standard InChI is InChI=1S/C10H19NO4S/c1-16(14,15)7-3-5-10(9(12)13)4-2-6-11-8-10/h11H,2-8H2,1H3,(H,12,13). The highest BCUT2D eigenvalue weighted by atomic mass is 32.2. The minimum Gasteiger partial charge on any atom is -0.481 e. The number of rotatable bonds is 5. The van der Waals surface area contributed by atoms with Crippen LogP contribution in [0, 0.1) is 5.41 Å². The fourth-order valence-electron chi connectivity index (χ4n) is 2.14. The van der Waals surface area contributed by atoms with Crippen molar-refractivity contribution in [3.05, 3.63) is 0 Å². The van der Waals surface area contributed by atoms with E-state index in [9.17, 15) is 18.3 Å². The Morgan fingerprint density at radius 1 is 1.50 bits per heavy atom. The first-order chi connectivity index (χ1) is 7.36. The van der Waals surface area contributed by atoms with Gasteiger partial charge >= 0.3 is 5.97 Å². The summed E-state index contributed by atoms with van der Waals surface area (Å²) in [4.78, 5) is 11.2. The maximum atomic E-state index is 11.2. The minimum absolute atomic E-state index is 0.0715. The molecule has 0 aromatic heterocycles. The first-order valence-electron chi connectivity index (χ1n) is 5.48. The molecule has 1 unspecified atom stereocenters. The van der Waals surface area contributed by atoms with Gasteiger partial charge in [-0.1, -0.05) is 0 Å². The normalized spacial score (nSPS) is 26.6. The van der Waals surface area contributed by atoms with Gasteiger partial charge in [0.1, 0.15) is 9.84 Å². The number of carboxylic acids is 1. The predicted molar refractivity (Wildman–Crippen MR) is 61.1 cm³/mol.